The Morgan fingerprint density at radius 1 is 1.18 bits per heavy atom. The fraction of sp³-hybridized carbons (Fsp3) is 0.280. The van der Waals surface area contributed by atoms with E-state index in [2.05, 4.69) is 10.3 Å². The lowest BCUT2D eigenvalue weighted by Crippen LogP contribution is -2.26. The van der Waals surface area contributed by atoms with Gasteiger partial charge in [-0.3, -0.25) is 9.78 Å². The third kappa shape index (κ3) is 4.42. The number of ether oxygens (including phenoxy) is 2. The highest BCUT2D eigenvalue weighted by Gasteiger charge is 2.31. The largest absolute Gasteiger partial charge is 0.508 e. The average molecular weight is 447 g/mol. The van der Waals surface area contributed by atoms with Gasteiger partial charge in [-0.15, -0.1) is 0 Å². The Hall–Kier alpha value is -3.78. The Labute approximate surface area is 191 Å². The molecular formula is C25H25N3O5. The molecule has 5 rings (SSSR count). The summed E-state index contributed by atoms with van der Waals surface area (Å²) in [5.41, 5.74) is 4.02. The summed E-state index contributed by atoms with van der Waals surface area (Å²) in [6.07, 6.45) is 4.25. The van der Waals surface area contributed by atoms with Crippen LogP contribution in [0, 0.1) is 0 Å². The van der Waals surface area contributed by atoms with Gasteiger partial charge in [-0.25, -0.2) is 0 Å². The molecule has 1 atom stereocenters. The van der Waals surface area contributed by atoms with E-state index >= 15 is 0 Å². The van der Waals surface area contributed by atoms with Gasteiger partial charge in [0.2, 0.25) is 0 Å². The number of aromatic nitrogens is 1. The van der Waals surface area contributed by atoms with Crippen LogP contribution in [0.2, 0.25) is 0 Å². The molecule has 0 radical (unpaired) electrons. The van der Waals surface area contributed by atoms with E-state index in [1.807, 2.05) is 18.2 Å². The van der Waals surface area contributed by atoms with Gasteiger partial charge in [0.25, 0.3) is 5.91 Å². The van der Waals surface area contributed by atoms with Crippen molar-refractivity contribution in [1.82, 2.24) is 9.88 Å². The molecule has 1 fully saturated rings. The molecule has 3 aromatic rings. The number of carbonyl (C=O) groups is 1. The van der Waals surface area contributed by atoms with E-state index in [1.165, 1.54) is 6.07 Å². The Bertz CT molecular complexity index is 1160. The Morgan fingerprint density at radius 2 is 2.03 bits per heavy atom. The normalized spacial score (nSPS) is 17.1. The molecule has 2 aliphatic heterocycles. The van der Waals surface area contributed by atoms with Crippen LogP contribution in [-0.4, -0.2) is 45.3 Å². The number of hydrogen-bond acceptors (Lipinski definition) is 7. The van der Waals surface area contributed by atoms with Crippen LogP contribution in [0.1, 0.15) is 33.5 Å². The standard InChI is InChI=1S/C25H25N3O5/c29-19-10-22(30)24(23(11-19)33-14-16-4-7-26-8-5-16)25(31)28-12-17-2-1-3-21(20(17)13-28)27-18-6-9-32-15-18/h1-5,7-8,10-11,18,27,29-30H,6,9,12-15H2. The first-order valence-electron chi connectivity index (χ1n) is 10.9. The number of phenolic OH excluding ortho intramolecular Hbond substituents is 2. The van der Waals surface area contributed by atoms with E-state index in [9.17, 15) is 15.0 Å². The zero-order valence-electron chi connectivity index (χ0n) is 18.0. The number of carbonyl (C=O) groups excluding carboxylic acids is 1. The van der Waals surface area contributed by atoms with Crippen molar-refractivity contribution < 1.29 is 24.5 Å². The van der Waals surface area contributed by atoms with Crippen LogP contribution < -0.4 is 10.1 Å². The van der Waals surface area contributed by atoms with Gasteiger partial charge in [-0.05, 0) is 41.3 Å². The van der Waals surface area contributed by atoms with E-state index in [-0.39, 0.29) is 41.4 Å². The molecule has 8 nitrogen and oxygen atoms in total. The number of aromatic hydroxyl groups is 2. The zero-order chi connectivity index (χ0) is 22.8. The fourth-order valence-corrected chi connectivity index (χ4v) is 4.28. The molecular weight excluding hydrogens is 422 g/mol. The minimum Gasteiger partial charge on any atom is -0.508 e. The molecule has 1 unspecified atom stereocenters. The number of nitrogens with zero attached hydrogens (tertiary/aromatic N) is 2. The van der Waals surface area contributed by atoms with E-state index in [0.29, 0.717) is 19.7 Å². The van der Waals surface area contributed by atoms with Gasteiger partial charge in [0.05, 0.1) is 12.6 Å². The third-order valence-corrected chi connectivity index (χ3v) is 5.98. The lowest BCUT2D eigenvalue weighted by Gasteiger charge is -2.20. The number of benzene rings is 2. The first-order valence-corrected chi connectivity index (χ1v) is 10.9. The lowest BCUT2D eigenvalue weighted by molar-refractivity contribution is 0.0743. The second-order valence-corrected chi connectivity index (χ2v) is 8.29. The van der Waals surface area contributed by atoms with E-state index in [4.69, 9.17) is 9.47 Å². The van der Waals surface area contributed by atoms with Gasteiger partial charge in [-0.2, -0.15) is 0 Å². The molecule has 2 aromatic carbocycles. The smallest absolute Gasteiger partial charge is 0.262 e. The van der Waals surface area contributed by atoms with Gasteiger partial charge in [-0.1, -0.05) is 12.1 Å². The van der Waals surface area contributed by atoms with Crippen LogP contribution in [0.4, 0.5) is 5.69 Å². The van der Waals surface area contributed by atoms with Crippen LogP contribution in [0.25, 0.3) is 0 Å². The van der Waals surface area contributed by atoms with Crippen LogP contribution in [0.3, 0.4) is 0 Å². The maximum absolute atomic E-state index is 13.5. The Balaban J connectivity index is 1.38. The molecule has 3 N–H and O–H groups in total. The van der Waals surface area contributed by atoms with Crippen LogP contribution >= 0.6 is 0 Å². The molecule has 0 spiro atoms. The number of hydrogen-bond donors (Lipinski definition) is 3. The van der Waals surface area contributed by atoms with Gasteiger partial charge >= 0.3 is 0 Å². The predicted molar refractivity (Wildman–Crippen MR) is 121 cm³/mol. The zero-order valence-corrected chi connectivity index (χ0v) is 18.0. The maximum Gasteiger partial charge on any atom is 0.262 e. The lowest BCUT2D eigenvalue weighted by atomic mass is 10.1. The average Bonchev–Trinajstić information content (AvgIpc) is 3.48. The second-order valence-electron chi connectivity index (χ2n) is 8.29. The van der Waals surface area contributed by atoms with Crippen molar-refractivity contribution in [3.63, 3.8) is 0 Å². The van der Waals surface area contributed by atoms with Crippen molar-refractivity contribution in [3.05, 3.63) is 77.1 Å². The number of phenols is 2. The van der Waals surface area contributed by atoms with Gasteiger partial charge in [0.15, 0.2) is 0 Å². The number of rotatable bonds is 6. The minimum absolute atomic E-state index is 0.0355. The number of pyridine rings is 1. The molecule has 8 heteroatoms. The molecule has 170 valence electrons. The predicted octanol–water partition coefficient (Wildman–Crippen LogP) is 3.43. The molecule has 0 saturated carbocycles. The van der Waals surface area contributed by atoms with E-state index in [1.54, 1.807) is 29.4 Å². The Morgan fingerprint density at radius 3 is 2.82 bits per heavy atom. The van der Waals surface area contributed by atoms with Crippen molar-refractivity contribution in [2.24, 2.45) is 0 Å². The SMILES string of the molecule is O=C(c1c(O)cc(O)cc1OCc1ccncc1)N1Cc2cccc(NC3CCOC3)c2C1. The van der Waals surface area contributed by atoms with Gasteiger partial charge in [0, 0.05) is 49.9 Å². The van der Waals surface area contributed by atoms with Crippen molar-refractivity contribution in [2.45, 2.75) is 32.2 Å². The molecule has 3 heterocycles. The van der Waals surface area contributed by atoms with E-state index in [0.717, 1.165) is 41.5 Å². The molecule has 1 amide bonds. The summed E-state index contributed by atoms with van der Waals surface area (Å²) in [5.74, 6) is -0.721. The third-order valence-electron chi connectivity index (χ3n) is 5.98. The molecule has 1 saturated heterocycles. The summed E-state index contributed by atoms with van der Waals surface area (Å²) < 4.78 is 11.3. The number of anilines is 1. The first-order chi connectivity index (χ1) is 16.1. The fourth-order valence-electron chi connectivity index (χ4n) is 4.28. The van der Waals surface area contributed by atoms with Crippen LogP contribution in [0.15, 0.2) is 54.9 Å². The van der Waals surface area contributed by atoms with E-state index < -0.39 is 0 Å². The summed E-state index contributed by atoms with van der Waals surface area (Å²) in [7, 11) is 0. The van der Waals surface area contributed by atoms with Crippen molar-refractivity contribution in [3.8, 4) is 17.2 Å². The summed E-state index contributed by atoms with van der Waals surface area (Å²) in [4.78, 5) is 19.1. The molecule has 33 heavy (non-hydrogen) atoms. The number of amides is 1. The topological polar surface area (TPSA) is 104 Å². The van der Waals surface area contributed by atoms with Crippen molar-refractivity contribution in [2.75, 3.05) is 18.5 Å². The molecule has 0 bridgehead atoms. The molecule has 1 aromatic heterocycles. The van der Waals surface area contributed by atoms with Gasteiger partial charge < -0.3 is 29.9 Å². The molecule has 2 aliphatic rings. The quantitative estimate of drug-likeness (QED) is 0.532. The monoisotopic (exact) mass is 447 g/mol. The summed E-state index contributed by atoms with van der Waals surface area (Å²) in [5, 5.41) is 24.1. The number of nitrogens with one attached hydrogen (secondary N) is 1. The first kappa shape index (κ1) is 21.1. The van der Waals surface area contributed by atoms with Crippen molar-refractivity contribution >= 4 is 11.6 Å². The summed E-state index contributed by atoms with van der Waals surface area (Å²) in [6.45, 7) is 2.43. The van der Waals surface area contributed by atoms with Crippen LogP contribution in [0.5, 0.6) is 17.2 Å². The van der Waals surface area contributed by atoms with Gasteiger partial charge in [0.1, 0.15) is 29.4 Å². The molecule has 0 aliphatic carbocycles. The highest BCUT2D eigenvalue weighted by Crippen LogP contribution is 2.37. The highest BCUT2D eigenvalue weighted by molar-refractivity contribution is 6.00. The highest BCUT2D eigenvalue weighted by atomic mass is 16.5. The minimum atomic E-state index is -0.358. The van der Waals surface area contributed by atoms with Crippen LogP contribution in [-0.2, 0) is 24.4 Å². The maximum atomic E-state index is 13.5. The second kappa shape index (κ2) is 8.99. The Kier molecular flexibility index (Phi) is 5.75. The number of fused-ring (bicyclic) bond motifs is 1. The van der Waals surface area contributed by atoms with Crippen molar-refractivity contribution in [1.29, 1.82) is 0 Å². The summed E-state index contributed by atoms with van der Waals surface area (Å²) >= 11 is 0. The summed E-state index contributed by atoms with van der Waals surface area (Å²) in [6, 6.07) is 12.4.